The van der Waals surface area contributed by atoms with Crippen LogP contribution in [0.5, 0.6) is 0 Å². The molecule has 2 N–H and O–H groups in total. The Morgan fingerprint density at radius 1 is 0.969 bits per heavy atom. The SMILES string of the molecule is O=C(/C=C/c1cn(Cc2ccccc2)nc1-c1cccs1)NCC(=O)Nc1ccccc1. The Balaban J connectivity index is 1.41. The second-order valence-corrected chi connectivity index (χ2v) is 8.01. The molecule has 4 rings (SSSR count). The number of thiophene rings is 1. The fraction of sp³-hybridized carbons (Fsp3) is 0.0800. The zero-order chi connectivity index (χ0) is 22.2. The van der Waals surface area contributed by atoms with E-state index in [9.17, 15) is 9.59 Å². The van der Waals surface area contributed by atoms with Crippen molar-refractivity contribution in [3.8, 4) is 10.6 Å². The molecule has 0 saturated carbocycles. The lowest BCUT2D eigenvalue weighted by Gasteiger charge is -2.05. The van der Waals surface area contributed by atoms with Crippen molar-refractivity contribution < 1.29 is 9.59 Å². The molecule has 0 aliphatic heterocycles. The number of hydrogen-bond donors (Lipinski definition) is 2. The van der Waals surface area contributed by atoms with E-state index in [0.717, 1.165) is 21.7 Å². The van der Waals surface area contributed by atoms with Gasteiger partial charge in [-0.1, -0.05) is 54.6 Å². The summed E-state index contributed by atoms with van der Waals surface area (Å²) in [6, 6.07) is 23.2. The number of para-hydroxylation sites is 1. The van der Waals surface area contributed by atoms with Crippen molar-refractivity contribution in [2.45, 2.75) is 6.54 Å². The number of aromatic nitrogens is 2. The van der Waals surface area contributed by atoms with Crippen LogP contribution in [0.15, 0.2) is 90.4 Å². The Hall–Kier alpha value is -3.97. The van der Waals surface area contributed by atoms with Crippen molar-refractivity contribution in [2.75, 3.05) is 11.9 Å². The van der Waals surface area contributed by atoms with Gasteiger partial charge in [-0.3, -0.25) is 14.3 Å². The van der Waals surface area contributed by atoms with Gasteiger partial charge in [0.25, 0.3) is 0 Å². The maximum absolute atomic E-state index is 12.3. The number of nitrogens with zero attached hydrogens (tertiary/aromatic N) is 2. The van der Waals surface area contributed by atoms with Crippen LogP contribution < -0.4 is 10.6 Å². The van der Waals surface area contributed by atoms with Gasteiger partial charge in [-0.05, 0) is 35.2 Å². The third kappa shape index (κ3) is 5.80. The van der Waals surface area contributed by atoms with Gasteiger partial charge in [0.1, 0.15) is 5.69 Å². The molecule has 4 aromatic rings. The average molecular weight is 443 g/mol. The smallest absolute Gasteiger partial charge is 0.244 e. The molecule has 160 valence electrons. The van der Waals surface area contributed by atoms with Crippen LogP contribution in [0.3, 0.4) is 0 Å². The normalized spacial score (nSPS) is 10.9. The number of nitrogens with one attached hydrogen (secondary N) is 2. The number of benzene rings is 2. The van der Waals surface area contributed by atoms with Crippen molar-refractivity contribution in [3.63, 3.8) is 0 Å². The molecule has 0 aliphatic carbocycles. The molecule has 0 atom stereocenters. The highest BCUT2D eigenvalue weighted by atomic mass is 32.1. The third-order valence-electron chi connectivity index (χ3n) is 4.63. The lowest BCUT2D eigenvalue weighted by atomic mass is 10.2. The first-order chi connectivity index (χ1) is 15.7. The summed E-state index contributed by atoms with van der Waals surface area (Å²) in [7, 11) is 0. The number of rotatable bonds is 8. The summed E-state index contributed by atoms with van der Waals surface area (Å²) in [6.45, 7) is 0.530. The summed E-state index contributed by atoms with van der Waals surface area (Å²) in [4.78, 5) is 25.3. The summed E-state index contributed by atoms with van der Waals surface area (Å²) in [5.41, 5.74) is 3.49. The van der Waals surface area contributed by atoms with Gasteiger partial charge in [0, 0.05) is 23.5 Å². The van der Waals surface area contributed by atoms with Crippen molar-refractivity contribution >= 4 is 34.9 Å². The number of carbonyl (C=O) groups is 2. The first-order valence-corrected chi connectivity index (χ1v) is 11.0. The number of amides is 2. The predicted molar refractivity (Wildman–Crippen MR) is 128 cm³/mol. The standard InChI is InChI=1S/C25H22N4O2S/c30-23(26-16-24(31)27-21-10-5-2-6-11-21)14-13-20-18-29(17-19-8-3-1-4-9-19)28-25(20)22-12-7-15-32-22/h1-15,18H,16-17H2,(H,26,30)(H,27,31)/b14-13+. The Bertz CT molecular complexity index is 1200. The van der Waals surface area contributed by atoms with Gasteiger partial charge >= 0.3 is 0 Å². The minimum absolute atomic E-state index is 0.108. The zero-order valence-corrected chi connectivity index (χ0v) is 18.1. The molecule has 0 fully saturated rings. The maximum atomic E-state index is 12.3. The Labute approximate surface area is 190 Å². The quantitative estimate of drug-likeness (QED) is 0.397. The fourth-order valence-corrected chi connectivity index (χ4v) is 3.86. The van der Waals surface area contributed by atoms with E-state index in [4.69, 9.17) is 5.10 Å². The molecule has 0 saturated heterocycles. The highest BCUT2D eigenvalue weighted by Crippen LogP contribution is 2.27. The molecule has 0 unspecified atom stereocenters. The van der Waals surface area contributed by atoms with Gasteiger partial charge in [-0.2, -0.15) is 5.10 Å². The first kappa shape index (κ1) is 21.3. The van der Waals surface area contributed by atoms with E-state index in [-0.39, 0.29) is 18.4 Å². The van der Waals surface area contributed by atoms with Crippen molar-refractivity contribution in [2.24, 2.45) is 0 Å². The monoisotopic (exact) mass is 442 g/mol. The fourth-order valence-electron chi connectivity index (χ4n) is 3.13. The second kappa shape index (κ2) is 10.4. The Morgan fingerprint density at radius 2 is 1.72 bits per heavy atom. The zero-order valence-electron chi connectivity index (χ0n) is 17.3. The van der Waals surface area contributed by atoms with E-state index < -0.39 is 0 Å². The van der Waals surface area contributed by atoms with Crippen LogP contribution >= 0.6 is 11.3 Å². The van der Waals surface area contributed by atoms with E-state index in [0.29, 0.717) is 12.2 Å². The molecule has 0 radical (unpaired) electrons. The largest absolute Gasteiger partial charge is 0.343 e. The lowest BCUT2D eigenvalue weighted by molar-refractivity contribution is -0.121. The van der Waals surface area contributed by atoms with Gasteiger partial charge in [-0.15, -0.1) is 11.3 Å². The molecule has 0 aliphatic rings. The predicted octanol–water partition coefficient (Wildman–Crippen LogP) is 4.43. The van der Waals surface area contributed by atoms with E-state index in [1.807, 2.05) is 64.8 Å². The van der Waals surface area contributed by atoms with Crippen LogP contribution in [0, 0.1) is 0 Å². The summed E-state index contributed by atoms with van der Waals surface area (Å²) >= 11 is 1.60. The molecule has 6 nitrogen and oxygen atoms in total. The van der Waals surface area contributed by atoms with Crippen LogP contribution in [0.25, 0.3) is 16.6 Å². The molecule has 2 amide bonds. The minimum Gasteiger partial charge on any atom is -0.343 e. The molecule has 0 bridgehead atoms. The molecule has 0 spiro atoms. The summed E-state index contributed by atoms with van der Waals surface area (Å²) < 4.78 is 1.87. The Kier molecular flexibility index (Phi) is 6.89. The van der Waals surface area contributed by atoms with Crippen LogP contribution in [0.1, 0.15) is 11.1 Å². The average Bonchev–Trinajstić information content (AvgIpc) is 3.47. The maximum Gasteiger partial charge on any atom is 0.244 e. The van der Waals surface area contributed by atoms with E-state index >= 15 is 0 Å². The van der Waals surface area contributed by atoms with E-state index in [1.165, 1.54) is 6.08 Å². The minimum atomic E-state index is -0.346. The van der Waals surface area contributed by atoms with Crippen LogP contribution in [0.2, 0.25) is 0 Å². The second-order valence-electron chi connectivity index (χ2n) is 7.06. The van der Waals surface area contributed by atoms with Gasteiger partial charge in [-0.25, -0.2) is 0 Å². The van der Waals surface area contributed by atoms with E-state index in [1.54, 1.807) is 29.5 Å². The summed E-state index contributed by atoms with van der Waals surface area (Å²) in [5, 5.41) is 12.1. The van der Waals surface area contributed by atoms with Crippen LogP contribution in [-0.4, -0.2) is 28.1 Å². The van der Waals surface area contributed by atoms with Gasteiger partial charge in [0.05, 0.1) is 18.0 Å². The Morgan fingerprint density at radius 3 is 2.44 bits per heavy atom. The summed E-state index contributed by atoms with van der Waals surface area (Å²) in [6.07, 6.45) is 5.08. The van der Waals surface area contributed by atoms with Crippen LogP contribution in [0.4, 0.5) is 5.69 Å². The van der Waals surface area contributed by atoms with Gasteiger partial charge in [0.15, 0.2) is 0 Å². The topological polar surface area (TPSA) is 76.0 Å². The van der Waals surface area contributed by atoms with Gasteiger partial charge < -0.3 is 10.6 Å². The van der Waals surface area contributed by atoms with Crippen LogP contribution in [-0.2, 0) is 16.1 Å². The molecule has 2 aromatic heterocycles. The van der Waals surface area contributed by atoms with Gasteiger partial charge in [0.2, 0.25) is 11.8 Å². The van der Waals surface area contributed by atoms with Crippen molar-refractivity contribution in [1.82, 2.24) is 15.1 Å². The van der Waals surface area contributed by atoms with Crippen molar-refractivity contribution in [3.05, 3.63) is 102 Å². The number of carbonyl (C=O) groups excluding carboxylic acids is 2. The third-order valence-corrected chi connectivity index (χ3v) is 5.50. The number of anilines is 1. The first-order valence-electron chi connectivity index (χ1n) is 10.1. The summed E-state index contributed by atoms with van der Waals surface area (Å²) in [5.74, 6) is -0.631. The van der Waals surface area contributed by atoms with Crippen molar-refractivity contribution in [1.29, 1.82) is 0 Å². The molecular weight excluding hydrogens is 420 g/mol. The molecular formula is C25H22N4O2S. The molecule has 2 heterocycles. The lowest BCUT2D eigenvalue weighted by Crippen LogP contribution is -2.31. The molecule has 32 heavy (non-hydrogen) atoms. The number of hydrogen-bond acceptors (Lipinski definition) is 4. The molecule has 2 aromatic carbocycles. The molecule has 7 heteroatoms. The van der Waals surface area contributed by atoms with E-state index in [2.05, 4.69) is 22.8 Å². The highest BCUT2D eigenvalue weighted by Gasteiger charge is 2.11. The highest BCUT2D eigenvalue weighted by molar-refractivity contribution is 7.13.